The van der Waals surface area contributed by atoms with Gasteiger partial charge in [-0.3, -0.25) is 9.59 Å². The van der Waals surface area contributed by atoms with Crippen molar-refractivity contribution in [1.29, 1.82) is 0 Å². The van der Waals surface area contributed by atoms with Crippen LogP contribution < -0.4 is 11.1 Å². The number of aliphatic carboxylic acids is 1. The molecule has 1 fully saturated rings. The Morgan fingerprint density at radius 2 is 2.20 bits per heavy atom. The summed E-state index contributed by atoms with van der Waals surface area (Å²) in [5, 5.41) is 10.9. The lowest BCUT2D eigenvalue weighted by Gasteiger charge is -2.11. The maximum Gasteiger partial charge on any atom is 0.305 e. The van der Waals surface area contributed by atoms with E-state index in [0.717, 1.165) is 6.42 Å². The summed E-state index contributed by atoms with van der Waals surface area (Å²) in [6.07, 6.45) is 0.861. The van der Waals surface area contributed by atoms with Gasteiger partial charge in [0.25, 0.3) is 0 Å². The highest BCUT2D eigenvalue weighted by molar-refractivity contribution is 5.81. The molecule has 1 aliphatic rings. The van der Waals surface area contributed by atoms with Crippen LogP contribution in [0.15, 0.2) is 0 Å². The summed E-state index contributed by atoms with van der Waals surface area (Å²) in [7, 11) is 0. The topological polar surface area (TPSA) is 102 Å². The Labute approximate surface area is 87.8 Å². The number of amides is 1. The molecule has 1 saturated heterocycles. The van der Waals surface area contributed by atoms with E-state index in [9.17, 15) is 9.59 Å². The number of rotatable bonds is 5. The summed E-state index contributed by atoms with van der Waals surface area (Å²) in [6, 6.07) is 0. The Bertz CT molecular complexity index is 244. The summed E-state index contributed by atoms with van der Waals surface area (Å²) in [4.78, 5) is 21.6. The summed E-state index contributed by atoms with van der Waals surface area (Å²) in [5.74, 6) is -1.17. The zero-order valence-electron chi connectivity index (χ0n) is 8.44. The highest BCUT2D eigenvalue weighted by Gasteiger charge is 2.29. The van der Waals surface area contributed by atoms with Gasteiger partial charge in [-0.25, -0.2) is 0 Å². The van der Waals surface area contributed by atoms with Crippen LogP contribution in [0.3, 0.4) is 0 Å². The summed E-state index contributed by atoms with van der Waals surface area (Å²) >= 11 is 0. The zero-order valence-corrected chi connectivity index (χ0v) is 8.44. The molecule has 4 N–H and O–H groups in total. The molecule has 1 rings (SSSR count). The monoisotopic (exact) mass is 216 g/mol. The number of carboxylic acid groups (broad SMARTS) is 1. The van der Waals surface area contributed by atoms with Gasteiger partial charge < -0.3 is 20.9 Å². The lowest BCUT2D eigenvalue weighted by Crippen LogP contribution is -2.36. The van der Waals surface area contributed by atoms with Crippen molar-refractivity contribution in [3.8, 4) is 0 Å². The van der Waals surface area contributed by atoms with Gasteiger partial charge in [-0.05, 0) is 12.8 Å². The van der Waals surface area contributed by atoms with Crippen LogP contribution in [0.1, 0.15) is 19.3 Å². The van der Waals surface area contributed by atoms with Crippen molar-refractivity contribution < 1.29 is 19.4 Å². The first-order valence-electron chi connectivity index (χ1n) is 4.98. The number of nitrogens with one attached hydrogen (secondary N) is 1. The van der Waals surface area contributed by atoms with Crippen molar-refractivity contribution in [2.75, 3.05) is 13.1 Å². The van der Waals surface area contributed by atoms with Crippen LogP contribution in [0.25, 0.3) is 0 Å². The van der Waals surface area contributed by atoms with Crippen LogP contribution in [-0.4, -0.2) is 42.3 Å². The van der Waals surface area contributed by atoms with Gasteiger partial charge in [-0.1, -0.05) is 0 Å². The molecular weight excluding hydrogens is 200 g/mol. The Kier molecular flexibility index (Phi) is 4.51. The van der Waals surface area contributed by atoms with Crippen LogP contribution in [0.4, 0.5) is 0 Å². The number of carboxylic acids is 1. The van der Waals surface area contributed by atoms with E-state index >= 15 is 0 Å². The molecule has 0 saturated carbocycles. The van der Waals surface area contributed by atoms with Crippen molar-refractivity contribution in [3.05, 3.63) is 0 Å². The lowest BCUT2D eigenvalue weighted by molar-refractivity contribution is -0.137. The number of carbonyl (C=O) groups is 2. The van der Waals surface area contributed by atoms with Crippen molar-refractivity contribution in [2.24, 2.45) is 5.73 Å². The molecule has 2 atom stereocenters. The minimum atomic E-state index is -0.928. The highest BCUT2D eigenvalue weighted by atomic mass is 16.5. The van der Waals surface area contributed by atoms with Gasteiger partial charge in [0.15, 0.2) is 0 Å². The Morgan fingerprint density at radius 1 is 1.47 bits per heavy atom. The molecule has 2 unspecified atom stereocenters. The van der Waals surface area contributed by atoms with Gasteiger partial charge in [0, 0.05) is 13.1 Å². The number of ether oxygens (including phenoxy) is 1. The van der Waals surface area contributed by atoms with E-state index in [1.54, 1.807) is 0 Å². The van der Waals surface area contributed by atoms with E-state index in [4.69, 9.17) is 15.6 Å². The fraction of sp³-hybridized carbons (Fsp3) is 0.778. The molecular formula is C9H16N2O4. The van der Waals surface area contributed by atoms with Crippen molar-refractivity contribution >= 4 is 11.9 Å². The molecule has 0 spiro atoms. The number of hydrogen-bond donors (Lipinski definition) is 3. The van der Waals surface area contributed by atoms with E-state index in [2.05, 4.69) is 5.32 Å². The van der Waals surface area contributed by atoms with Crippen molar-refractivity contribution in [3.63, 3.8) is 0 Å². The zero-order chi connectivity index (χ0) is 11.3. The molecule has 0 aromatic rings. The second-order valence-corrected chi connectivity index (χ2v) is 3.49. The first-order chi connectivity index (χ1) is 7.13. The maximum absolute atomic E-state index is 11.4. The summed E-state index contributed by atoms with van der Waals surface area (Å²) in [6.45, 7) is 0.556. The maximum atomic E-state index is 11.4. The molecule has 0 aromatic heterocycles. The van der Waals surface area contributed by atoms with Gasteiger partial charge in [-0.2, -0.15) is 0 Å². The van der Waals surface area contributed by atoms with Gasteiger partial charge in [0.05, 0.1) is 12.5 Å². The first-order valence-corrected chi connectivity index (χ1v) is 4.98. The van der Waals surface area contributed by atoms with Gasteiger partial charge in [0.1, 0.15) is 6.10 Å². The standard InChI is InChI=1S/C9H16N2O4/c10-5-6-1-2-7(15-6)9(14)11-4-3-8(12)13/h6-7H,1-5,10H2,(H,11,14)(H,12,13). The fourth-order valence-corrected chi connectivity index (χ4v) is 1.48. The molecule has 1 aliphatic heterocycles. The van der Waals surface area contributed by atoms with Gasteiger partial charge in [0.2, 0.25) is 5.91 Å². The minimum absolute atomic E-state index is 0.0415. The number of carbonyl (C=O) groups excluding carboxylic acids is 1. The quantitative estimate of drug-likeness (QED) is 0.552. The predicted molar refractivity (Wildman–Crippen MR) is 52.2 cm³/mol. The van der Waals surface area contributed by atoms with Crippen LogP contribution in [0, 0.1) is 0 Å². The van der Waals surface area contributed by atoms with Crippen LogP contribution in [0.2, 0.25) is 0 Å². The molecule has 6 nitrogen and oxygen atoms in total. The van der Waals surface area contributed by atoms with E-state index in [1.807, 2.05) is 0 Å². The first kappa shape index (κ1) is 11.9. The van der Waals surface area contributed by atoms with E-state index in [0.29, 0.717) is 13.0 Å². The average molecular weight is 216 g/mol. The number of hydrogen-bond acceptors (Lipinski definition) is 4. The molecule has 0 aromatic carbocycles. The minimum Gasteiger partial charge on any atom is -0.481 e. The lowest BCUT2D eigenvalue weighted by atomic mass is 10.2. The predicted octanol–water partition coefficient (Wildman–Crippen LogP) is -0.916. The molecule has 0 radical (unpaired) electrons. The molecule has 0 bridgehead atoms. The smallest absolute Gasteiger partial charge is 0.305 e. The van der Waals surface area contributed by atoms with E-state index in [-0.39, 0.29) is 25.0 Å². The highest BCUT2D eigenvalue weighted by Crippen LogP contribution is 2.18. The molecule has 1 amide bonds. The van der Waals surface area contributed by atoms with Crippen LogP contribution in [-0.2, 0) is 14.3 Å². The van der Waals surface area contributed by atoms with Gasteiger partial charge in [-0.15, -0.1) is 0 Å². The third kappa shape index (κ3) is 3.85. The second-order valence-electron chi connectivity index (χ2n) is 3.49. The Morgan fingerprint density at radius 3 is 2.73 bits per heavy atom. The largest absolute Gasteiger partial charge is 0.481 e. The fourth-order valence-electron chi connectivity index (χ4n) is 1.48. The summed E-state index contributed by atoms with van der Waals surface area (Å²) in [5.41, 5.74) is 5.40. The Hall–Kier alpha value is -1.14. The molecule has 1 heterocycles. The molecule has 0 aliphatic carbocycles. The average Bonchev–Trinajstić information content (AvgIpc) is 2.65. The van der Waals surface area contributed by atoms with Gasteiger partial charge >= 0.3 is 5.97 Å². The molecule has 15 heavy (non-hydrogen) atoms. The molecule has 86 valence electrons. The SMILES string of the molecule is NCC1CCC(C(=O)NCCC(=O)O)O1. The second kappa shape index (κ2) is 5.67. The summed E-state index contributed by atoms with van der Waals surface area (Å²) < 4.78 is 5.35. The number of nitrogens with two attached hydrogens (primary N) is 1. The van der Waals surface area contributed by atoms with E-state index in [1.165, 1.54) is 0 Å². The van der Waals surface area contributed by atoms with Crippen molar-refractivity contribution in [1.82, 2.24) is 5.32 Å². The Balaban J connectivity index is 2.20. The van der Waals surface area contributed by atoms with E-state index < -0.39 is 12.1 Å². The molecule has 6 heteroatoms. The normalized spacial score (nSPS) is 25.1. The van der Waals surface area contributed by atoms with Crippen LogP contribution >= 0.6 is 0 Å². The van der Waals surface area contributed by atoms with Crippen LogP contribution in [0.5, 0.6) is 0 Å². The third-order valence-corrected chi connectivity index (χ3v) is 2.30. The third-order valence-electron chi connectivity index (χ3n) is 2.30. The van der Waals surface area contributed by atoms with Crippen molar-refractivity contribution in [2.45, 2.75) is 31.5 Å².